The molecule has 1 heterocycles. The van der Waals surface area contributed by atoms with Crippen LogP contribution >= 0.6 is 15.9 Å². The Hall–Kier alpha value is -1.80. The Morgan fingerprint density at radius 1 is 1.50 bits per heavy atom. The Bertz CT molecular complexity index is 640. The summed E-state index contributed by atoms with van der Waals surface area (Å²) in [5.74, 6) is -0.395. The third-order valence-electron chi connectivity index (χ3n) is 2.56. The van der Waals surface area contributed by atoms with E-state index in [1.165, 1.54) is 0 Å². The normalized spacial score (nSPS) is 10.3. The molecule has 0 bridgehead atoms. The maximum absolute atomic E-state index is 11.8. The number of rotatable bonds is 3. The molecule has 92 valence electrons. The Morgan fingerprint density at radius 2 is 2.28 bits per heavy atom. The average molecular weight is 307 g/mol. The van der Waals surface area contributed by atoms with Crippen molar-refractivity contribution in [1.29, 1.82) is 0 Å². The van der Waals surface area contributed by atoms with Crippen LogP contribution < -0.4 is 0 Å². The van der Waals surface area contributed by atoms with Gasteiger partial charge in [0.05, 0.1) is 12.1 Å². The molecule has 1 aromatic heterocycles. The van der Waals surface area contributed by atoms with Crippen molar-refractivity contribution in [2.45, 2.75) is 13.6 Å². The summed E-state index contributed by atoms with van der Waals surface area (Å²) in [7, 11) is 0. The van der Waals surface area contributed by atoms with Crippen LogP contribution in [0.5, 0.6) is 0 Å². The van der Waals surface area contributed by atoms with Crippen LogP contribution in [0.15, 0.2) is 28.7 Å². The molecular formula is C13H11BrN2O2. The van der Waals surface area contributed by atoms with Crippen molar-refractivity contribution in [3.05, 3.63) is 45.8 Å². The summed E-state index contributed by atoms with van der Waals surface area (Å²) in [5.41, 5.74) is 1.28. The van der Waals surface area contributed by atoms with Crippen LogP contribution in [-0.4, -0.2) is 17.1 Å². The minimum Gasteiger partial charge on any atom is -0.461 e. The molecule has 4 nitrogen and oxygen atoms in total. The lowest BCUT2D eigenvalue weighted by Crippen LogP contribution is -2.11. The molecule has 0 fully saturated rings. The minimum absolute atomic E-state index is 0.110. The van der Waals surface area contributed by atoms with E-state index in [2.05, 4.69) is 20.8 Å². The largest absolute Gasteiger partial charge is 0.461 e. The number of hydrogen-bond donors (Lipinski definition) is 0. The number of nitrogens with zero attached hydrogens (tertiary/aromatic N) is 2. The molecule has 0 aliphatic heterocycles. The van der Waals surface area contributed by atoms with Crippen LogP contribution in [0.2, 0.25) is 0 Å². The number of aromatic nitrogens is 1. The highest BCUT2D eigenvalue weighted by Gasteiger charge is 2.17. The third kappa shape index (κ3) is 2.24. The van der Waals surface area contributed by atoms with Crippen LogP contribution in [-0.2, 0) is 11.4 Å². The number of hydrogen-bond acceptors (Lipinski definition) is 2. The lowest BCUT2D eigenvalue weighted by Gasteiger charge is -2.03. The van der Waals surface area contributed by atoms with Crippen molar-refractivity contribution in [2.75, 3.05) is 6.61 Å². The van der Waals surface area contributed by atoms with E-state index in [4.69, 9.17) is 11.3 Å². The van der Waals surface area contributed by atoms with Gasteiger partial charge in [0.25, 0.3) is 6.67 Å². The van der Waals surface area contributed by atoms with Crippen LogP contribution in [0.25, 0.3) is 15.7 Å². The quantitative estimate of drug-likeness (QED) is 0.643. The monoisotopic (exact) mass is 306 g/mol. The SMILES string of the molecule is [C-]#[N+]Cn1c(C(=O)OCC)cc2cc(Br)ccc21. The zero-order valence-corrected chi connectivity index (χ0v) is 11.4. The van der Waals surface area contributed by atoms with E-state index in [9.17, 15) is 4.79 Å². The second kappa shape index (κ2) is 5.23. The maximum Gasteiger partial charge on any atom is 0.355 e. The Labute approximate surface area is 113 Å². The highest BCUT2D eigenvalue weighted by molar-refractivity contribution is 9.10. The standard InChI is InChI=1S/C13H11BrN2O2/c1-3-18-13(17)12-7-9-6-10(14)4-5-11(9)16(12)8-15-2/h4-7H,3,8H2,1H3. The van der Waals surface area contributed by atoms with Crippen molar-refractivity contribution in [3.63, 3.8) is 0 Å². The van der Waals surface area contributed by atoms with Gasteiger partial charge >= 0.3 is 5.97 Å². The van der Waals surface area contributed by atoms with Gasteiger partial charge in [-0.05, 0) is 31.2 Å². The van der Waals surface area contributed by atoms with Crippen LogP contribution in [0, 0.1) is 6.57 Å². The number of fused-ring (bicyclic) bond motifs is 1. The van der Waals surface area contributed by atoms with E-state index < -0.39 is 5.97 Å². The third-order valence-corrected chi connectivity index (χ3v) is 3.05. The van der Waals surface area contributed by atoms with Crippen LogP contribution in [0.4, 0.5) is 0 Å². The van der Waals surface area contributed by atoms with Crippen LogP contribution in [0.1, 0.15) is 17.4 Å². The number of halogens is 1. The molecule has 0 N–H and O–H groups in total. The average Bonchev–Trinajstić information content (AvgIpc) is 2.68. The van der Waals surface area contributed by atoms with Gasteiger partial charge in [-0.2, -0.15) is 0 Å². The molecule has 2 rings (SSSR count). The van der Waals surface area contributed by atoms with E-state index in [0.29, 0.717) is 12.3 Å². The molecule has 0 saturated heterocycles. The molecule has 1 aromatic carbocycles. The van der Waals surface area contributed by atoms with Crippen molar-refractivity contribution in [3.8, 4) is 0 Å². The molecule has 18 heavy (non-hydrogen) atoms. The smallest absolute Gasteiger partial charge is 0.355 e. The first-order valence-corrected chi connectivity index (χ1v) is 6.25. The van der Waals surface area contributed by atoms with Gasteiger partial charge in [0.1, 0.15) is 5.69 Å². The molecule has 0 unspecified atom stereocenters. The summed E-state index contributed by atoms with van der Waals surface area (Å²) in [6.45, 7) is 9.17. The second-order valence-corrected chi connectivity index (χ2v) is 4.60. The summed E-state index contributed by atoms with van der Waals surface area (Å²) in [4.78, 5) is 15.2. The summed E-state index contributed by atoms with van der Waals surface area (Å²) >= 11 is 3.39. The van der Waals surface area contributed by atoms with Gasteiger partial charge in [-0.3, -0.25) is 9.41 Å². The zero-order chi connectivity index (χ0) is 13.1. The molecule has 0 saturated carbocycles. The van der Waals surface area contributed by atoms with Gasteiger partial charge in [-0.25, -0.2) is 11.4 Å². The maximum atomic E-state index is 11.8. The summed E-state index contributed by atoms with van der Waals surface area (Å²) < 4.78 is 7.61. The topological polar surface area (TPSA) is 35.6 Å². The number of esters is 1. The predicted octanol–water partition coefficient (Wildman–Crippen LogP) is 3.46. The molecule has 0 amide bonds. The summed E-state index contributed by atoms with van der Waals surface area (Å²) in [5, 5.41) is 0.913. The molecule has 0 spiro atoms. The molecule has 0 aliphatic carbocycles. The fourth-order valence-corrected chi connectivity index (χ4v) is 2.22. The van der Waals surface area contributed by atoms with Gasteiger partial charge < -0.3 is 4.74 Å². The van der Waals surface area contributed by atoms with Crippen molar-refractivity contribution in [2.24, 2.45) is 0 Å². The first-order valence-electron chi connectivity index (χ1n) is 5.46. The van der Waals surface area contributed by atoms with Gasteiger partial charge in [0.2, 0.25) is 0 Å². The lowest BCUT2D eigenvalue weighted by molar-refractivity contribution is 0.0515. The van der Waals surface area contributed by atoms with Gasteiger partial charge in [0.15, 0.2) is 0 Å². The van der Waals surface area contributed by atoms with E-state index in [1.54, 1.807) is 17.6 Å². The fraction of sp³-hybridized carbons (Fsp3) is 0.231. The first kappa shape index (κ1) is 12.7. The predicted molar refractivity (Wildman–Crippen MR) is 72.2 cm³/mol. The van der Waals surface area contributed by atoms with E-state index in [0.717, 1.165) is 15.4 Å². The van der Waals surface area contributed by atoms with Crippen LogP contribution in [0.3, 0.4) is 0 Å². The highest BCUT2D eigenvalue weighted by atomic mass is 79.9. The molecule has 2 aromatic rings. The van der Waals surface area contributed by atoms with Crippen molar-refractivity contribution in [1.82, 2.24) is 4.57 Å². The Morgan fingerprint density at radius 3 is 2.94 bits per heavy atom. The Balaban J connectivity index is 2.61. The van der Waals surface area contributed by atoms with E-state index in [1.807, 2.05) is 18.2 Å². The van der Waals surface area contributed by atoms with Crippen molar-refractivity contribution >= 4 is 32.8 Å². The molecule has 0 radical (unpaired) electrons. The molecule has 0 atom stereocenters. The molecular weight excluding hydrogens is 296 g/mol. The molecule has 5 heteroatoms. The fourth-order valence-electron chi connectivity index (χ4n) is 1.84. The van der Waals surface area contributed by atoms with E-state index in [-0.39, 0.29) is 6.67 Å². The van der Waals surface area contributed by atoms with Gasteiger partial charge in [-0.15, -0.1) is 0 Å². The molecule has 0 aliphatic rings. The zero-order valence-electron chi connectivity index (χ0n) is 9.81. The number of carbonyl (C=O) groups is 1. The highest BCUT2D eigenvalue weighted by Crippen LogP contribution is 2.24. The summed E-state index contributed by atoms with van der Waals surface area (Å²) in [6, 6.07) is 7.44. The number of benzene rings is 1. The summed E-state index contributed by atoms with van der Waals surface area (Å²) in [6.07, 6.45) is 0. The lowest BCUT2D eigenvalue weighted by atomic mass is 10.2. The minimum atomic E-state index is -0.395. The Kier molecular flexibility index (Phi) is 3.68. The van der Waals surface area contributed by atoms with Gasteiger partial charge in [-0.1, -0.05) is 15.9 Å². The number of carbonyl (C=O) groups excluding carboxylic acids is 1. The first-order chi connectivity index (χ1) is 8.67. The second-order valence-electron chi connectivity index (χ2n) is 3.68. The van der Waals surface area contributed by atoms with Gasteiger partial charge in [0, 0.05) is 9.86 Å². The van der Waals surface area contributed by atoms with Crippen molar-refractivity contribution < 1.29 is 9.53 Å². The van der Waals surface area contributed by atoms with E-state index >= 15 is 0 Å². The number of ether oxygens (including phenoxy) is 1.